The van der Waals surface area contributed by atoms with E-state index >= 15 is 0 Å². The number of hydrogen-bond acceptors (Lipinski definition) is 3. The molecule has 1 aromatic rings. The zero-order valence-electron chi connectivity index (χ0n) is 15.4. The van der Waals surface area contributed by atoms with E-state index < -0.39 is 0 Å². The third-order valence-corrected chi connectivity index (χ3v) is 4.76. The molecule has 5 nitrogen and oxygen atoms in total. The molecule has 2 N–H and O–H groups in total. The topological polar surface area (TPSA) is 62.7 Å². The van der Waals surface area contributed by atoms with Gasteiger partial charge in [0.05, 0.1) is 19.6 Å². The molecule has 1 saturated carbocycles. The molecular weight excluding hydrogens is 429 g/mol. The Hall–Kier alpha value is -1.31. The van der Waals surface area contributed by atoms with Gasteiger partial charge in [-0.25, -0.2) is 0 Å². The molecule has 0 saturated heterocycles. The highest BCUT2D eigenvalue weighted by atomic mass is 127. The SMILES string of the molecule is CCNC(=NCC1(c2ccccc2)CCC1)NCC(C)C(=O)OC.I. The fraction of sp³-hybridized carbons (Fsp3) is 0.579. The van der Waals surface area contributed by atoms with Gasteiger partial charge in [-0.1, -0.05) is 43.7 Å². The van der Waals surface area contributed by atoms with Gasteiger partial charge in [0.25, 0.3) is 0 Å². The zero-order chi connectivity index (χ0) is 17.4. The Morgan fingerprint density at radius 1 is 1.28 bits per heavy atom. The molecule has 140 valence electrons. The summed E-state index contributed by atoms with van der Waals surface area (Å²) in [6.45, 7) is 5.95. The van der Waals surface area contributed by atoms with Crippen LogP contribution in [0.4, 0.5) is 0 Å². The van der Waals surface area contributed by atoms with Gasteiger partial charge in [0.1, 0.15) is 0 Å². The van der Waals surface area contributed by atoms with Gasteiger partial charge in [-0.2, -0.15) is 0 Å². The molecule has 0 amide bonds. The minimum absolute atomic E-state index is 0. The van der Waals surface area contributed by atoms with Gasteiger partial charge < -0.3 is 15.4 Å². The van der Waals surface area contributed by atoms with E-state index in [9.17, 15) is 4.79 Å². The van der Waals surface area contributed by atoms with Gasteiger partial charge in [-0.15, -0.1) is 24.0 Å². The second-order valence-corrected chi connectivity index (χ2v) is 6.50. The van der Waals surface area contributed by atoms with Crippen LogP contribution >= 0.6 is 24.0 Å². The summed E-state index contributed by atoms with van der Waals surface area (Å²) in [5.41, 5.74) is 1.54. The van der Waals surface area contributed by atoms with E-state index in [0.29, 0.717) is 6.54 Å². The highest BCUT2D eigenvalue weighted by molar-refractivity contribution is 14.0. The Labute approximate surface area is 168 Å². The lowest BCUT2D eigenvalue weighted by Crippen LogP contribution is -2.43. The van der Waals surface area contributed by atoms with Crippen LogP contribution < -0.4 is 10.6 Å². The maximum Gasteiger partial charge on any atom is 0.310 e. The van der Waals surface area contributed by atoms with Crippen LogP contribution in [0.15, 0.2) is 35.3 Å². The molecule has 1 aliphatic carbocycles. The maximum atomic E-state index is 11.5. The molecule has 0 aromatic heterocycles. The van der Waals surface area contributed by atoms with Gasteiger partial charge >= 0.3 is 5.97 Å². The lowest BCUT2D eigenvalue weighted by atomic mass is 9.64. The number of esters is 1. The Kier molecular flexibility index (Phi) is 9.24. The number of rotatable bonds is 7. The first kappa shape index (κ1) is 21.7. The van der Waals surface area contributed by atoms with E-state index in [1.165, 1.54) is 31.9 Å². The van der Waals surface area contributed by atoms with Gasteiger partial charge in [0.2, 0.25) is 0 Å². The van der Waals surface area contributed by atoms with Crippen LogP contribution in [0.5, 0.6) is 0 Å². The van der Waals surface area contributed by atoms with Crippen molar-refractivity contribution in [2.24, 2.45) is 10.9 Å². The normalized spacial score (nSPS) is 16.8. The average Bonchev–Trinajstić information content (AvgIpc) is 2.58. The standard InChI is InChI=1S/C19H29N3O2.HI/c1-4-20-18(21-13-15(2)17(23)24-3)22-14-19(11-8-12-19)16-9-6-5-7-10-16;/h5-7,9-10,15H,4,8,11-14H2,1-3H3,(H2,20,21,22);1H. The van der Waals surface area contributed by atoms with Crippen molar-refractivity contribution < 1.29 is 9.53 Å². The van der Waals surface area contributed by atoms with Crippen LogP contribution in [-0.4, -0.2) is 38.7 Å². The van der Waals surface area contributed by atoms with Crippen molar-refractivity contribution in [3.05, 3.63) is 35.9 Å². The number of carbonyl (C=O) groups excluding carboxylic acids is 1. The molecule has 1 atom stereocenters. The van der Waals surface area contributed by atoms with Crippen molar-refractivity contribution in [3.63, 3.8) is 0 Å². The van der Waals surface area contributed by atoms with E-state index in [2.05, 4.69) is 41.0 Å². The predicted octanol–water partition coefficient (Wildman–Crippen LogP) is 3.09. The highest BCUT2D eigenvalue weighted by Crippen LogP contribution is 2.43. The Bertz CT molecular complexity index is 559. The summed E-state index contributed by atoms with van der Waals surface area (Å²) in [4.78, 5) is 16.3. The van der Waals surface area contributed by atoms with Crippen LogP contribution in [0.2, 0.25) is 0 Å². The molecule has 0 heterocycles. The van der Waals surface area contributed by atoms with Crippen LogP contribution in [0.1, 0.15) is 38.7 Å². The molecule has 0 aliphatic heterocycles. The summed E-state index contributed by atoms with van der Waals surface area (Å²) >= 11 is 0. The summed E-state index contributed by atoms with van der Waals surface area (Å²) in [5, 5.41) is 6.50. The first-order valence-electron chi connectivity index (χ1n) is 8.77. The minimum Gasteiger partial charge on any atom is -0.469 e. The largest absolute Gasteiger partial charge is 0.469 e. The predicted molar refractivity (Wildman–Crippen MR) is 113 cm³/mol. The van der Waals surface area contributed by atoms with E-state index in [1.807, 2.05) is 13.8 Å². The van der Waals surface area contributed by atoms with Crippen molar-refractivity contribution in [2.75, 3.05) is 26.7 Å². The number of methoxy groups -OCH3 is 1. The molecule has 2 rings (SSSR count). The molecule has 6 heteroatoms. The fourth-order valence-corrected chi connectivity index (χ4v) is 3.04. The third kappa shape index (κ3) is 5.87. The molecule has 0 radical (unpaired) electrons. The van der Waals surface area contributed by atoms with Gasteiger partial charge in [-0.05, 0) is 25.3 Å². The van der Waals surface area contributed by atoms with Crippen molar-refractivity contribution >= 4 is 35.9 Å². The van der Waals surface area contributed by atoms with E-state index in [1.54, 1.807) is 0 Å². The smallest absolute Gasteiger partial charge is 0.310 e. The average molecular weight is 459 g/mol. The minimum atomic E-state index is -0.210. The van der Waals surface area contributed by atoms with Crippen LogP contribution in [0.3, 0.4) is 0 Å². The molecular formula is C19H30IN3O2. The first-order chi connectivity index (χ1) is 11.6. The van der Waals surface area contributed by atoms with Crippen LogP contribution in [0.25, 0.3) is 0 Å². The maximum absolute atomic E-state index is 11.5. The second kappa shape index (κ2) is 10.6. The Balaban J connectivity index is 0.00000312. The van der Waals surface area contributed by atoms with Crippen molar-refractivity contribution in [1.82, 2.24) is 10.6 Å². The molecule has 0 bridgehead atoms. The van der Waals surface area contributed by atoms with Gasteiger partial charge in [0, 0.05) is 18.5 Å². The lowest BCUT2D eigenvalue weighted by molar-refractivity contribution is -0.144. The number of carbonyl (C=O) groups is 1. The number of benzene rings is 1. The summed E-state index contributed by atoms with van der Waals surface area (Å²) in [7, 11) is 1.42. The van der Waals surface area contributed by atoms with Crippen molar-refractivity contribution in [3.8, 4) is 0 Å². The number of nitrogens with zero attached hydrogens (tertiary/aromatic N) is 1. The number of halogens is 1. The van der Waals surface area contributed by atoms with Crippen LogP contribution in [-0.2, 0) is 14.9 Å². The summed E-state index contributed by atoms with van der Waals surface area (Å²) < 4.78 is 4.76. The summed E-state index contributed by atoms with van der Waals surface area (Å²) in [5.74, 6) is 0.346. The molecule has 1 fully saturated rings. The summed E-state index contributed by atoms with van der Waals surface area (Å²) in [6.07, 6.45) is 3.62. The van der Waals surface area contributed by atoms with E-state index in [0.717, 1.165) is 19.0 Å². The third-order valence-electron chi connectivity index (χ3n) is 4.76. The number of guanidine groups is 1. The molecule has 1 aromatic carbocycles. The van der Waals surface area contributed by atoms with E-state index in [-0.39, 0.29) is 41.3 Å². The number of ether oxygens (including phenoxy) is 1. The molecule has 1 unspecified atom stereocenters. The van der Waals surface area contributed by atoms with Crippen molar-refractivity contribution in [1.29, 1.82) is 0 Å². The van der Waals surface area contributed by atoms with Gasteiger partial charge in [0.15, 0.2) is 5.96 Å². The van der Waals surface area contributed by atoms with Crippen LogP contribution in [0, 0.1) is 5.92 Å². The Morgan fingerprint density at radius 2 is 1.96 bits per heavy atom. The number of hydrogen-bond donors (Lipinski definition) is 2. The monoisotopic (exact) mass is 459 g/mol. The molecule has 25 heavy (non-hydrogen) atoms. The summed E-state index contributed by atoms with van der Waals surface area (Å²) in [6, 6.07) is 10.7. The number of aliphatic imine (C=N–C) groups is 1. The quantitative estimate of drug-likeness (QED) is 0.285. The lowest BCUT2D eigenvalue weighted by Gasteiger charge is -2.41. The highest BCUT2D eigenvalue weighted by Gasteiger charge is 2.38. The molecule has 0 spiro atoms. The molecule has 1 aliphatic rings. The second-order valence-electron chi connectivity index (χ2n) is 6.50. The first-order valence-corrected chi connectivity index (χ1v) is 8.77. The van der Waals surface area contributed by atoms with Gasteiger partial charge in [-0.3, -0.25) is 9.79 Å². The van der Waals surface area contributed by atoms with Crippen molar-refractivity contribution in [2.45, 2.75) is 38.5 Å². The number of nitrogens with one attached hydrogen (secondary N) is 2. The van der Waals surface area contributed by atoms with E-state index in [4.69, 9.17) is 9.73 Å². The Morgan fingerprint density at radius 3 is 2.48 bits per heavy atom. The zero-order valence-corrected chi connectivity index (χ0v) is 17.7. The fourth-order valence-electron chi connectivity index (χ4n) is 3.04.